The number of hydrogen-bond donors (Lipinski definition) is 2. The van der Waals surface area contributed by atoms with Gasteiger partial charge in [-0.15, -0.1) is 0 Å². The Morgan fingerprint density at radius 3 is 2.71 bits per heavy atom. The van der Waals surface area contributed by atoms with E-state index in [-0.39, 0.29) is 24.2 Å². The summed E-state index contributed by atoms with van der Waals surface area (Å²) in [5.41, 5.74) is 1.59. The molecule has 0 aliphatic carbocycles. The molecule has 1 aromatic carbocycles. The lowest BCUT2D eigenvalue weighted by atomic mass is 10.1. The minimum atomic E-state index is -4.39. The van der Waals surface area contributed by atoms with Crippen molar-refractivity contribution in [2.75, 3.05) is 11.9 Å². The topological polar surface area (TPSA) is 93.8 Å². The standard InChI is InChI=1S/C23H19F3N6O2/c1-13-9-27-22(34)19-8-15-4-7-18(30-20(15)32(13)19)21(33)29-17-10-28-31(12-17)11-14-2-5-16(6-3-14)23(24,25)26/h2-8,10,12-13H,9,11H2,1H3,(H,27,34)(H,29,33)/t13-/m1/s1. The predicted molar refractivity (Wildman–Crippen MR) is 118 cm³/mol. The number of anilines is 1. The fourth-order valence-electron chi connectivity index (χ4n) is 3.96. The van der Waals surface area contributed by atoms with Crippen molar-refractivity contribution >= 4 is 28.5 Å². The van der Waals surface area contributed by atoms with Crippen molar-refractivity contribution in [1.29, 1.82) is 0 Å². The van der Waals surface area contributed by atoms with E-state index >= 15 is 0 Å². The summed E-state index contributed by atoms with van der Waals surface area (Å²) in [6, 6.07) is 9.90. The second kappa shape index (κ2) is 8.01. The van der Waals surface area contributed by atoms with E-state index < -0.39 is 17.6 Å². The molecule has 5 rings (SSSR count). The summed E-state index contributed by atoms with van der Waals surface area (Å²) in [4.78, 5) is 29.4. The molecule has 4 heterocycles. The van der Waals surface area contributed by atoms with Gasteiger partial charge in [0.15, 0.2) is 0 Å². The van der Waals surface area contributed by atoms with Crippen LogP contribution in [0.1, 0.15) is 45.1 Å². The minimum absolute atomic E-state index is 0.000518. The summed E-state index contributed by atoms with van der Waals surface area (Å²) in [7, 11) is 0. The average Bonchev–Trinajstić information content (AvgIpc) is 3.40. The number of rotatable bonds is 4. The van der Waals surface area contributed by atoms with E-state index in [0.29, 0.717) is 29.1 Å². The zero-order valence-electron chi connectivity index (χ0n) is 17.9. The minimum Gasteiger partial charge on any atom is -0.349 e. The van der Waals surface area contributed by atoms with E-state index in [1.807, 2.05) is 11.5 Å². The maximum absolute atomic E-state index is 12.8. The van der Waals surface area contributed by atoms with Crippen molar-refractivity contribution in [2.24, 2.45) is 0 Å². The van der Waals surface area contributed by atoms with Crippen LogP contribution >= 0.6 is 0 Å². The second-order valence-electron chi connectivity index (χ2n) is 8.14. The highest BCUT2D eigenvalue weighted by Gasteiger charge is 2.30. The van der Waals surface area contributed by atoms with Gasteiger partial charge >= 0.3 is 6.18 Å². The molecule has 34 heavy (non-hydrogen) atoms. The molecule has 11 heteroatoms. The Hall–Kier alpha value is -4.15. The van der Waals surface area contributed by atoms with Gasteiger partial charge < -0.3 is 15.2 Å². The van der Waals surface area contributed by atoms with Crippen molar-refractivity contribution in [3.05, 3.63) is 77.4 Å². The van der Waals surface area contributed by atoms with E-state index in [0.717, 1.165) is 17.5 Å². The molecule has 4 aromatic rings. The van der Waals surface area contributed by atoms with E-state index in [1.165, 1.54) is 23.0 Å². The molecule has 0 spiro atoms. The number of nitrogens with one attached hydrogen (secondary N) is 2. The van der Waals surface area contributed by atoms with Crippen molar-refractivity contribution in [3.8, 4) is 0 Å². The molecule has 0 unspecified atom stereocenters. The first-order valence-corrected chi connectivity index (χ1v) is 10.5. The third-order valence-corrected chi connectivity index (χ3v) is 5.67. The van der Waals surface area contributed by atoms with Crippen molar-refractivity contribution in [1.82, 2.24) is 24.6 Å². The van der Waals surface area contributed by atoms with Crippen LogP contribution in [0.2, 0.25) is 0 Å². The molecule has 0 radical (unpaired) electrons. The van der Waals surface area contributed by atoms with Gasteiger partial charge in [0, 0.05) is 18.1 Å². The molecule has 0 saturated heterocycles. The number of nitrogens with zero attached hydrogens (tertiary/aromatic N) is 4. The van der Waals surface area contributed by atoms with E-state index in [9.17, 15) is 22.8 Å². The van der Waals surface area contributed by atoms with Crippen LogP contribution < -0.4 is 10.6 Å². The van der Waals surface area contributed by atoms with Crippen LogP contribution in [-0.2, 0) is 12.7 Å². The molecule has 1 aliphatic heterocycles. The molecule has 3 aromatic heterocycles. The van der Waals surface area contributed by atoms with E-state index in [1.54, 1.807) is 24.4 Å². The van der Waals surface area contributed by atoms with Gasteiger partial charge in [0.25, 0.3) is 11.8 Å². The van der Waals surface area contributed by atoms with Crippen molar-refractivity contribution in [3.63, 3.8) is 0 Å². The quantitative estimate of drug-likeness (QED) is 0.476. The van der Waals surface area contributed by atoms with Crippen LogP contribution in [0.15, 0.2) is 54.9 Å². The lowest BCUT2D eigenvalue weighted by molar-refractivity contribution is -0.137. The van der Waals surface area contributed by atoms with Gasteiger partial charge in [-0.1, -0.05) is 12.1 Å². The zero-order chi connectivity index (χ0) is 24.0. The van der Waals surface area contributed by atoms with E-state index in [4.69, 9.17) is 0 Å². The van der Waals surface area contributed by atoms with E-state index in [2.05, 4.69) is 20.7 Å². The maximum atomic E-state index is 12.8. The number of aromatic nitrogens is 4. The summed E-state index contributed by atoms with van der Waals surface area (Å²) in [5, 5.41) is 10.5. The number of alkyl halides is 3. The first-order chi connectivity index (χ1) is 16.2. The summed E-state index contributed by atoms with van der Waals surface area (Å²) >= 11 is 0. The van der Waals surface area contributed by atoms with Crippen LogP contribution in [0.3, 0.4) is 0 Å². The molecule has 0 bridgehead atoms. The Morgan fingerprint density at radius 1 is 1.21 bits per heavy atom. The van der Waals surface area contributed by atoms with Gasteiger partial charge in [-0.3, -0.25) is 14.3 Å². The molecule has 1 aliphatic rings. The number of pyridine rings is 1. The number of hydrogen-bond acceptors (Lipinski definition) is 4. The fourth-order valence-corrected chi connectivity index (χ4v) is 3.96. The molecule has 0 saturated carbocycles. The average molecular weight is 468 g/mol. The molecule has 2 N–H and O–H groups in total. The van der Waals surface area contributed by atoms with Crippen LogP contribution in [0.5, 0.6) is 0 Å². The largest absolute Gasteiger partial charge is 0.416 e. The third kappa shape index (κ3) is 4.00. The van der Waals surface area contributed by atoms with Crippen molar-refractivity contribution < 1.29 is 22.8 Å². The molecule has 0 fully saturated rings. The van der Waals surface area contributed by atoms with Crippen molar-refractivity contribution in [2.45, 2.75) is 25.7 Å². The number of carbonyl (C=O) groups is 2. The predicted octanol–water partition coefficient (Wildman–Crippen LogP) is 3.86. The molecular weight excluding hydrogens is 449 g/mol. The normalized spacial score (nSPS) is 15.8. The summed E-state index contributed by atoms with van der Waals surface area (Å²) in [6.07, 6.45) is -1.35. The Morgan fingerprint density at radius 2 is 1.97 bits per heavy atom. The number of carbonyl (C=O) groups excluding carboxylic acids is 2. The van der Waals surface area contributed by atoms with Crippen LogP contribution in [0.4, 0.5) is 18.9 Å². The Labute approximate surface area is 191 Å². The van der Waals surface area contributed by atoms with Gasteiger partial charge in [0.1, 0.15) is 17.0 Å². The van der Waals surface area contributed by atoms with Gasteiger partial charge in [0.2, 0.25) is 0 Å². The highest BCUT2D eigenvalue weighted by Crippen LogP contribution is 2.29. The van der Waals surface area contributed by atoms with Crippen LogP contribution in [-0.4, -0.2) is 37.7 Å². The lowest BCUT2D eigenvalue weighted by Crippen LogP contribution is -2.37. The van der Waals surface area contributed by atoms with Gasteiger partial charge in [-0.25, -0.2) is 4.98 Å². The first-order valence-electron chi connectivity index (χ1n) is 10.5. The number of fused-ring (bicyclic) bond motifs is 3. The van der Waals surface area contributed by atoms with Gasteiger partial charge in [-0.2, -0.15) is 18.3 Å². The monoisotopic (exact) mass is 468 g/mol. The summed E-state index contributed by atoms with van der Waals surface area (Å²) in [5.74, 6) is -0.623. The SMILES string of the molecule is C[C@@H]1CNC(=O)c2cc3ccc(C(=O)Nc4cnn(Cc5ccc(C(F)(F)F)cc5)c4)nc3n21. The summed E-state index contributed by atoms with van der Waals surface area (Å²) in [6.45, 7) is 2.68. The zero-order valence-corrected chi connectivity index (χ0v) is 17.9. The first kappa shape index (κ1) is 21.7. The van der Waals surface area contributed by atoms with Gasteiger partial charge in [-0.05, 0) is 42.8 Å². The lowest BCUT2D eigenvalue weighted by Gasteiger charge is -2.23. The third-order valence-electron chi connectivity index (χ3n) is 5.67. The fraction of sp³-hybridized carbons (Fsp3) is 0.217. The number of benzene rings is 1. The number of halogens is 3. The maximum Gasteiger partial charge on any atom is 0.416 e. The Kier molecular flexibility index (Phi) is 5.11. The summed E-state index contributed by atoms with van der Waals surface area (Å²) < 4.78 is 41.5. The molecule has 174 valence electrons. The Bertz CT molecular complexity index is 1400. The highest BCUT2D eigenvalue weighted by molar-refractivity contribution is 6.04. The van der Waals surface area contributed by atoms with Gasteiger partial charge in [0.05, 0.1) is 30.0 Å². The Balaban J connectivity index is 1.31. The smallest absolute Gasteiger partial charge is 0.349 e. The van der Waals surface area contributed by atoms with Crippen LogP contribution in [0, 0.1) is 0 Å². The number of amides is 2. The second-order valence-corrected chi connectivity index (χ2v) is 8.14. The molecule has 2 amide bonds. The molecule has 8 nitrogen and oxygen atoms in total. The molecular formula is C23H19F3N6O2. The highest BCUT2D eigenvalue weighted by atomic mass is 19.4. The molecule has 1 atom stereocenters. The van der Waals surface area contributed by atoms with Crippen LogP contribution in [0.25, 0.3) is 11.0 Å².